The van der Waals surface area contributed by atoms with Crippen LogP contribution in [-0.2, 0) is 4.74 Å². The van der Waals surface area contributed by atoms with Crippen molar-refractivity contribution in [1.82, 2.24) is 4.90 Å². The quantitative estimate of drug-likeness (QED) is 0.863. The molecule has 2 atom stereocenters. The minimum Gasteiger partial charge on any atom is -0.381 e. The zero-order valence-corrected chi connectivity index (χ0v) is 14.0. The maximum atomic E-state index is 6.25. The van der Waals surface area contributed by atoms with Crippen LogP contribution < -0.4 is 5.73 Å². The molecule has 1 fully saturated rings. The summed E-state index contributed by atoms with van der Waals surface area (Å²) in [5.74, 6) is 0.648. The highest BCUT2D eigenvalue weighted by Crippen LogP contribution is 2.30. The number of hydrogen-bond acceptors (Lipinski definition) is 3. The number of rotatable bonds is 6. The first-order valence-electron chi connectivity index (χ1n) is 7.53. The first-order chi connectivity index (χ1) is 10.1. The molecule has 1 aliphatic rings. The molecule has 1 saturated heterocycles. The van der Waals surface area contributed by atoms with Crippen molar-refractivity contribution in [1.29, 1.82) is 0 Å². The molecule has 0 spiro atoms. The van der Waals surface area contributed by atoms with E-state index in [0.717, 1.165) is 38.3 Å². The summed E-state index contributed by atoms with van der Waals surface area (Å²) < 4.78 is 5.52. The van der Waals surface area contributed by atoms with Gasteiger partial charge in [0.15, 0.2) is 0 Å². The second kappa shape index (κ2) is 8.35. The molecular weight excluding hydrogens is 307 g/mol. The summed E-state index contributed by atoms with van der Waals surface area (Å²) >= 11 is 12.3. The molecule has 118 valence electrons. The van der Waals surface area contributed by atoms with Crippen molar-refractivity contribution >= 4 is 23.2 Å². The van der Waals surface area contributed by atoms with E-state index >= 15 is 0 Å². The highest BCUT2D eigenvalue weighted by Gasteiger charge is 2.17. The SMILES string of the molecule is CN(CCC(N)c1cccc(Cl)c1Cl)CC1CCCOC1. The first-order valence-corrected chi connectivity index (χ1v) is 8.29. The first kappa shape index (κ1) is 17.0. The summed E-state index contributed by atoms with van der Waals surface area (Å²) in [6.45, 7) is 3.81. The predicted molar refractivity (Wildman–Crippen MR) is 89.0 cm³/mol. The molecule has 3 nitrogen and oxygen atoms in total. The summed E-state index contributed by atoms with van der Waals surface area (Å²) in [6.07, 6.45) is 3.30. The minimum absolute atomic E-state index is 0.0822. The number of nitrogens with zero attached hydrogens (tertiary/aromatic N) is 1. The van der Waals surface area contributed by atoms with Crippen LogP contribution in [0.1, 0.15) is 30.9 Å². The predicted octanol–water partition coefficient (Wildman–Crippen LogP) is 3.74. The number of hydrogen-bond donors (Lipinski definition) is 1. The maximum Gasteiger partial charge on any atom is 0.0640 e. The van der Waals surface area contributed by atoms with E-state index in [1.54, 1.807) is 6.07 Å². The Kier molecular flexibility index (Phi) is 6.77. The van der Waals surface area contributed by atoms with Gasteiger partial charge in [0.05, 0.1) is 16.7 Å². The van der Waals surface area contributed by atoms with Crippen molar-refractivity contribution in [3.8, 4) is 0 Å². The van der Waals surface area contributed by atoms with Gasteiger partial charge in [-0.15, -0.1) is 0 Å². The minimum atomic E-state index is -0.0822. The molecule has 2 unspecified atom stereocenters. The van der Waals surface area contributed by atoms with Crippen LogP contribution in [0, 0.1) is 5.92 Å². The number of halogens is 2. The Bertz CT molecular complexity index is 450. The lowest BCUT2D eigenvalue weighted by Gasteiger charge is -2.27. The Morgan fingerprint density at radius 3 is 2.95 bits per heavy atom. The van der Waals surface area contributed by atoms with Gasteiger partial charge in [-0.3, -0.25) is 0 Å². The van der Waals surface area contributed by atoms with E-state index in [0.29, 0.717) is 16.0 Å². The van der Waals surface area contributed by atoms with Gasteiger partial charge in [0.1, 0.15) is 0 Å². The van der Waals surface area contributed by atoms with Gasteiger partial charge in [-0.1, -0.05) is 35.3 Å². The van der Waals surface area contributed by atoms with Crippen LogP contribution in [0.4, 0.5) is 0 Å². The molecule has 1 aromatic rings. The Morgan fingerprint density at radius 2 is 2.24 bits per heavy atom. The van der Waals surface area contributed by atoms with Gasteiger partial charge in [0.2, 0.25) is 0 Å². The van der Waals surface area contributed by atoms with Gasteiger partial charge in [0, 0.05) is 19.2 Å². The molecule has 5 heteroatoms. The zero-order chi connectivity index (χ0) is 15.2. The Labute approximate surface area is 137 Å². The zero-order valence-electron chi connectivity index (χ0n) is 12.5. The van der Waals surface area contributed by atoms with Gasteiger partial charge in [-0.2, -0.15) is 0 Å². The molecule has 1 heterocycles. The molecule has 0 bridgehead atoms. The van der Waals surface area contributed by atoms with E-state index in [-0.39, 0.29) is 6.04 Å². The van der Waals surface area contributed by atoms with Crippen molar-refractivity contribution in [3.63, 3.8) is 0 Å². The standard InChI is InChI=1S/C16H24Cl2N2O/c1-20(10-12-4-3-9-21-11-12)8-7-15(19)13-5-2-6-14(17)16(13)18/h2,5-6,12,15H,3-4,7-11,19H2,1H3. The summed E-state index contributed by atoms with van der Waals surface area (Å²) in [4.78, 5) is 2.33. The van der Waals surface area contributed by atoms with Gasteiger partial charge in [0.25, 0.3) is 0 Å². The fourth-order valence-electron chi connectivity index (χ4n) is 2.81. The van der Waals surface area contributed by atoms with E-state index in [9.17, 15) is 0 Å². The smallest absolute Gasteiger partial charge is 0.0640 e. The molecule has 0 amide bonds. The average Bonchev–Trinajstić information content (AvgIpc) is 2.48. The van der Waals surface area contributed by atoms with Crippen LogP contribution in [0.5, 0.6) is 0 Å². The number of ether oxygens (including phenoxy) is 1. The highest BCUT2D eigenvalue weighted by molar-refractivity contribution is 6.42. The fourth-order valence-corrected chi connectivity index (χ4v) is 3.25. The van der Waals surface area contributed by atoms with Crippen molar-refractivity contribution in [3.05, 3.63) is 33.8 Å². The number of nitrogens with two attached hydrogens (primary N) is 1. The molecule has 2 N–H and O–H groups in total. The van der Waals surface area contributed by atoms with E-state index in [2.05, 4.69) is 11.9 Å². The molecule has 0 saturated carbocycles. The lowest BCUT2D eigenvalue weighted by molar-refractivity contribution is 0.0417. The molecule has 21 heavy (non-hydrogen) atoms. The van der Waals surface area contributed by atoms with E-state index < -0.39 is 0 Å². The summed E-state index contributed by atoms with van der Waals surface area (Å²) in [5, 5.41) is 1.15. The van der Waals surface area contributed by atoms with Crippen LogP contribution in [0.25, 0.3) is 0 Å². The lowest BCUT2D eigenvalue weighted by atomic mass is 10.0. The fraction of sp³-hybridized carbons (Fsp3) is 0.625. The monoisotopic (exact) mass is 330 g/mol. The van der Waals surface area contributed by atoms with Crippen LogP contribution in [0.3, 0.4) is 0 Å². The summed E-state index contributed by atoms with van der Waals surface area (Å²) in [7, 11) is 2.14. The second-order valence-electron chi connectivity index (χ2n) is 5.88. The van der Waals surface area contributed by atoms with E-state index in [4.69, 9.17) is 33.7 Å². The van der Waals surface area contributed by atoms with Crippen LogP contribution >= 0.6 is 23.2 Å². The molecule has 0 aromatic heterocycles. The summed E-state index contributed by atoms with van der Waals surface area (Å²) in [5.41, 5.74) is 7.18. The van der Waals surface area contributed by atoms with Crippen molar-refractivity contribution in [2.24, 2.45) is 11.7 Å². The van der Waals surface area contributed by atoms with E-state index in [1.807, 2.05) is 12.1 Å². The Morgan fingerprint density at radius 1 is 1.43 bits per heavy atom. The molecule has 0 radical (unpaired) electrons. The maximum absolute atomic E-state index is 6.25. The average molecular weight is 331 g/mol. The molecule has 0 aliphatic carbocycles. The highest BCUT2D eigenvalue weighted by atomic mass is 35.5. The van der Waals surface area contributed by atoms with Crippen molar-refractivity contribution in [2.75, 3.05) is 33.4 Å². The lowest BCUT2D eigenvalue weighted by Crippen LogP contribution is -2.32. The second-order valence-corrected chi connectivity index (χ2v) is 6.67. The van der Waals surface area contributed by atoms with Crippen LogP contribution in [-0.4, -0.2) is 38.3 Å². The number of benzene rings is 1. The third-order valence-corrected chi connectivity index (χ3v) is 4.86. The van der Waals surface area contributed by atoms with Gasteiger partial charge >= 0.3 is 0 Å². The molecule has 1 aliphatic heterocycles. The van der Waals surface area contributed by atoms with Gasteiger partial charge in [-0.05, 0) is 50.4 Å². The topological polar surface area (TPSA) is 38.5 Å². The summed E-state index contributed by atoms with van der Waals surface area (Å²) in [6, 6.07) is 5.55. The van der Waals surface area contributed by atoms with E-state index in [1.165, 1.54) is 12.8 Å². The van der Waals surface area contributed by atoms with Crippen LogP contribution in [0.2, 0.25) is 10.0 Å². The third kappa shape index (κ3) is 5.11. The third-order valence-electron chi connectivity index (χ3n) is 4.03. The molecule has 2 rings (SSSR count). The van der Waals surface area contributed by atoms with Crippen molar-refractivity contribution < 1.29 is 4.74 Å². The Hall–Kier alpha value is -0.320. The van der Waals surface area contributed by atoms with Crippen molar-refractivity contribution in [2.45, 2.75) is 25.3 Å². The van der Waals surface area contributed by atoms with Crippen LogP contribution in [0.15, 0.2) is 18.2 Å². The largest absolute Gasteiger partial charge is 0.381 e. The molecule has 1 aromatic carbocycles. The van der Waals surface area contributed by atoms with Gasteiger partial charge in [-0.25, -0.2) is 0 Å². The molecular formula is C16H24Cl2N2O. The van der Waals surface area contributed by atoms with Gasteiger partial charge < -0.3 is 15.4 Å². The Balaban J connectivity index is 1.80. The normalized spacial score (nSPS) is 20.7.